The van der Waals surface area contributed by atoms with Gasteiger partial charge in [0.2, 0.25) is 0 Å². The van der Waals surface area contributed by atoms with Crippen LogP contribution in [0.1, 0.15) is 46.0 Å². The van der Waals surface area contributed by atoms with Gasteiger partial charge in [0.05, 0.1) is 0 Å². The number of carbonyl (C=O) groups excluding carboxylic acids is 1. The maximum absolute atomic E-state index is 11.9. The Balaban J connectivity index is 2.66. The van der Waals surface area contributed by atoms with Crippen molar-refractivity contribution in [2.24, 2.45) is 11.3 Å². The molecular weight excluding hydrogens is 232 g/mol. The van der Waals surface area contributed by atoms with E-state index in [1.165, 1.54) is 5.57 Å². The van der Waals surface area contributed by atoms with Crippen molar-refractivity contribution in [1.29, 1.82) is 0 Å². The lowest BCUT2D eigenvalue weighted by atomic mass is 9.71. The van der Waals surface area contributed by atoms with Gasteiger partial charge in [-0.1, -0.05) is 32.1 Å². The summed E-state index contributed by atoms with van der Waals surface area (Å²) in [6.07, 6.45) is 8.67. The molecule has 0 saturated carbocycles. The van der Waals surface area contributed by atoms with Gasteiger partial charge in [0.15, 0.2) is 5.78 Å². The largest absolute Gasteiger partial charge is 0.295 e. The first kappa shape index (κ1) is 14.5. The van der Waals surface area contributed by atoms with Crippen LogP contribution in [0.3, 0.4) is 0 Å². The minimum atomic E-state index is 0.132. The van der Waals surface area contributed by atoms with Crippen LogP contribution in [0.2, 0.25) is 0 Å². The van der Waals surface area contributed by atoms with Crippen LogP contribution >= 0.6 is 11.6 Å². The predicted octanol–water partition coefficient (Wildman–Crippen LogP) is 4.51. The number of allylic oxidation sites excluding steroid dienone is 3. The standard InChI is InChI=1S/C15H23ClO/c1-4-12(2)10-13-11-15(3,7-5-9-16)8-6-14(13)17/h6,8,13H,2,4-5,7,9-11H2,1,3H3. The third kappa shape index (κ3) is 4.31. The van der Waals surface area contributed by atoms with Crippen molar-refractivity contribution < 1.29 is 4.79 Å². The lowest BCUT2D eigenvalue weighted by Gasteiger charge is -2.33. The molecule has 2 heteroatoms. The molecule has 2 atom stereocenters. The average Bonchev–Trinajstić information content (AvgIpc) is 2.31. The molecule has 1 rings (SSSR count). The molecule has 0 fully saturated rings. The Hall–Kier alpha value is -0.560. The number of rotatable bonds is 6. The molecule has 2 unspecified atom stereocenters. The Morgan fingerprint density at radius 3 is 2.94 bits per heavy atom. The molecule has 0 aromatic rings. The normalized spacial score (nSPS) is 28.4. The van der Waals surface area contributed by atoms with E-state index in [2.05, 4.69) is 26.5 Å². The van der Waals surface area contributed by atoms with Crippen molar-refractivity contribution in [2.45, 2.75) is 46.0 Å². The van der Waals surface area contributed by atoms with Crippen molar-refractivity contribution in [2.75, 3.05) is 5.88 Å². The topological polar surface area (TPSA) is 17.1 Å². The third-order valence-corrected chi connectivity index (χ3v) is 3.95. The fourth-order valence-corrected chi connectivity index (χ4v) is 2.61. The molecule has 0 spiro atoms. The summed E-state index contributed by atoms with van der Waals surface area (Å²) >= 11 is 5.75. The first-order valence-electron chi connectivity index (χ1n) is 6.46. The van der Waals surface area contributed by atoms with Crippen LogP contribution < -0.4 is 0 Å². The molecule has 96 valence electrons. The van der Waals surface area contributed by atoms with E-state index in [4.69, 9.17) is 11.6 Å². The number of alkyl halides is 1. The second-order valence-corrected chi connectivity index (χ2v) is 5.77. The predicted molar refractivity (Wildman–Crippen MR) is 74.4 cm³/mol. The van der Waals surface area contributed by atoms with Crippen LogP contribution in [0, 0.1) is 11.3 Å². The number of hydrogen-bond acceptors (Lipinski definition) is 1. The van der Waals surface area contributed by atoms with Crippen molar-refractivity contribution >= 4 is 17.4 Å². The maximum atomic E-state index is 11.9. The van der Waals surface area contributed by atoms with Gasteiger partial charge in [-0.25, -0.2) is 0 Å². The van der Waals surface area contributed by atoms with E-state index in [9.17, 15) is 4.79 Å². The van der Waals surface area contributed by atoms with Crippen LogP contribution in [0.5, 0.6) is 0 Å². The molecule has 0 amide bonds. The monoisotopic (exact) mass is 254 g/mol. The Bertz CT molecular complexity index is 319. The number of carbonyl (C=O) groups is 1. The fraction of sp³-hybridized carbons (Fsp3) is 0.667. The molecule has 0 bridgehead atoms. The fourth-order valence-electron chi connectivity index (χ4n) is 2.47. The molecule has 1 aliphatic carbocycles. The summed E-state index contributed by atoms with van der Waals surface area (Å²) < 4.78 is 0. The van der Waals surface area contributed by atoms with Crippen molar-refractivity contribution in [1.82, 2.24) is 0 Å². The summed E-state index contributed by atoms with van der Waals surface area (Å²) in [4.78, 5) is 11.9. The molecule has 1 aliphatic rings. The molecule has 17 heavy (non-hydrogen) atoms. The molecule has 0 saturated heterocycles. The summed E-state index contributed by atoms with van der Waals surface area (Å²) in [6, 6.07) is 0. The number of ketones is 1. The summed E-state index contributed by atoms with van der Waals surface area (Å²) in [5.74, 6) is 1.10. The molecule has 0 radical (unpaired) electrons. The number of halogens is 1. The molecule has 0 aliphatic heterocycles. The van der Waals surface area contributed by atoms with Crippen LogP contribution in [0.25, 0.3) is 0 Å². The Labute approximate surface area is 110 Å². The van der Waals surface area contributed by atoms with E-state index in [1.54, 1.807) is 6.08 Å². The maximum Gasteiger partial charge on any atom is 0.158 e. The zero-order chi connectivity index (χ0) is 12.9. The van der Waals surface area contributed by atoms with Gasteiger partial charge >= 0.3 is 0 Å². The second-order valence-electron chi connectivity index (χ2n) is 5.39. The molecule has 0 N–H and O–H groups in total. The lowest BCUT2D eigenvalue weighted by molar-refractivity contribution is -0.119. The molecule has 0 heterocycles. The van der Waals surface area contributed by atoms with Gasteiger partial charge in [-0.05, 0) is 43.6 Å². The Kier molecular flexibility index (Phi) is 5.45. The highest BCUT2D eigenvalue weighted by Gasteiger charge is 2.32. The zero-order valence-corrected chi connectivity index (χ0v) is 11.7. The van der Waals surface area contributed by atoms with E-state index in [-0.39, 0.29) is 17.1 Å². The van der Waals surface area contributed by atoms with Gasteiger partial charge in [0.1, 0.15) is 0 Å². The van der Waals surface area contributed by atoms with E-state index in [1.807, 2.05) is 0 Å². The molecule has 1 nitrogen and oxygen atoms in total. The lowest BCUT2D eigenvalue weighted by Crippen LogP contribution is -2.28. The SMILES string of the molecule is C=C(CC)CC1CC(C)(CCCCl)C=CC1=O. The number of hydrogen-bond donors (Lipinski definition) is 0. The quantitative estimate of drug-likeness (QED) is 0.503. The van der Waals surface area contributed by atoms with Crippen molar-refractivity contribution in [3.05, 3.63) is 24.3 Å². The summed E-state index contributed by atoms with van der Waals surface area (Å²) in [5.41, 5.74) is 1.32. The summed E-state index contributed by atoms with van der Waals surface area (Å²) in [6.45, 7) is 8.34. The third-order valence-electron chi connectivity index (χ3n) is 3.68. The summed E-state index contributed by atoms with van der Waals surface area (Å²) in [7, 11) is 0. The van der Waals surface area contributed by atoms with E-state index < -0.39 is 0 Å². The Morgan fingerprint density at radius 2 is 2.35 bits per heavy atom. The summed E-state index contributed by atoms with van der Waals surface area (Å²) in [5, 5.41) is 0. The van der Waals surface area contributed by atoms with Crippen molar-refractivity contribution in [3.63, 3.8) is 0 Å². The van der Waals surface area contributed by atoms with Crippen molar-refractivity contribution in [3.8, 4) is 0 Å². The zero-order valence-electron chi connectivity index (χ0n) is 11.0. The highest BCUT2D eigenvalue weighted by Crippen LogP contribution is 2.39. The first-order chi connectivity index (χ1) is 8.00. The highest BCUT2D eigenvalue weighted by atomic mass is 35.5. The van der Waals surface area contributed by atoms with E-state index in [0.717, 1.165) is 32.1 Å². The first-order valence-corrected chi connectivity index (χ1v) is 7.00. The van der Waals surface area contributed by atoms with Gasteiger partial charge < -0.3 is 0 Å². The molecule has 0 aromatic carbocycles. The van der Waals surface area contributed by atoms with Crippen LogP contribution in [0.4, 0.5) is 0 Å². The van der Waals surface area contributed by atoms with Gasteiger partial charge in [-0.3, -0.25) is 4.79 Å². The van der Waals surface area contributed by atoms with Crippen LogP contribution in [-0.4, -0.2) is 11.7 Å². The molecular formula is C15H23ClO. The van der Waals surface area contributed by atoms with Crippen LogP contribution in [0.15, 0.2) is 24.3 Å². The smallest absolute Gasteiger partial charge is 0.158 e. The van der Waals surface area contributed by atoms with Crippen LogP contribution in [-0.2, 0) is 4.79 Å². The minimum absolute atomic E-state index is 0.132. The van der Waals surface area contributed by atoms with E-state index >= 15 is 0 Å². The van der Waals surface area contributed by atoms with E-state index in [0.29, 0.717) is 5.88 Å². The second kappa shape index (κ2) is 6.39. The Morgan fingerprint density at radius 1 is 1.65 bits per heavy atom. The molecule has 0 aromatic heterocycles. The highest BCUT2D eigenvalue weighted by molar-refractivity contribution is 6.17. The average molecular weight is 255 g/mol. The van der Waals surface area contributed by atoms with Gasteiger partial charge in [-0.15, -0.1) is 11.6 Å². The van der Waals surface area contributed by atoms with Gasteiger partial charge in [0, 0.05) is 11.8 Å². The minimum Gasteiger partial charge on any atom is -0.295 e. The van der Waals surface area contributed by atoms with Gasteiger partial charge in [-0.2, -0.15) is 0 Å². The van der Waals surface area contributed by atoms with Gasteiger partial charge in [0.25, 0.3) is 0 Å².